The van der Waals surface area contributed by atoms with Gasteiger partial charge in [-0.15, -0.1) is 0 Å². The van der Waals surface area contributed by atoms with Crippen molar-refractivity contribution in [2.75, 3.05) is 27.2 Å². The number of hydrogen-bond acceptors (Lipinski definition) is 4. The van der Waals surface area contributed by atoms with Gasteiger partial charge in [-0.1, -0.05) is 42.0 Å². The summed E-state index contributed by atoms with van der Waals surface area (Å²) in [5.41, 5.74) is 3.03. The van der Waals surface area contributed by atoms with Crippen LogP contribution in [0.25, 0.3) is 0 Å². The zero-order chi connectivity index (χ0) is 20.7. The van der Waals surface area contributed by atoms with Crippen LogP contribution in [0, 0.1) is 13.8 Å². The molecular weight excluding hydrogens is 374 g/mol. The lowest BCUT2D eigenvalue weighted by molar-refractivity contribution is -0.125. The number of hydrogen-bond donors (Lipinski definition) is 2. The smallest absolute Gasteiger partial charge is 0.241 e. The third-order valence-electron chi connectivity index (χ3n) is 4.52. The van der Waals surface area contributed by atoms with Crippen LogP contribution in [0.1, 0.15) is 29.2 Å². The summed E-state index contributed by atoms with van der Waals surface area (Å²) in [5.74, 6) is -0.0966. The highest BCUT2D eigenvalue weighted by atomic mass is 32.2. The van der Waals surface area contributed by atoms with E-state index in [1.54, 1.807) is 24.3 Å². The van der Waals surface area contributed by atoms with E-state index in [0.29, 0.717) is 13.0 Å². The Morgan fingerprint density at radius 3 is 2.25 bits per heavy atom. The zero-order valence-corrected chi connectivity index (χ0v) is 17.7. The number of amides is 1. The minimum Gasteiger partial charge on any atom is -0.354 e. The maximum absolute atomic E-state index is 12.7. The number of carbonyl (C=O) groups excluding carboxylic acids is 1. The predicted molar refractivity (Wildman–Crippen MR) is 112 cm³/mol. The molecule has 0 aromatic heterocycles. The summed E-state index contributed by atoms with van der Waals surface area (Å²) in [6.45, 7) is 4.54. The van der Waals surface area contributed by atoms with Gasteiger partial charge in [0.05, 0.1) is 4.90 Å². The molecule has 0 aliphatic heterocycles. The number of benzene rings is 2. The van der Waals surface area contributed by atoms with Gasteiger partial charge in [-0.05, 0) is 57.6 Å². The van der Waals surface area contributed by atoms with Gasteiger partial charge in [-0.25, -0.2) is 13.1 Å². The SMILES string of the molecule is Cc1ccc(S(=O)(=O)NCCCNC(=O)[C@@H](c2ccccc2C)N(C)C)cc1. The van der Waals surface area contributed by atoms with Gasteiger partial charge in [0.15, 0.2) is 0 Å². The number of sulfonamides is 1. The maximum atomic E-state index is 12.7. The molecule has 1 atom stereocenters. The fourth-order valence-corrected chi connectivity index (χ4v) is 4.03. The van der Waals surface area contributed by atoms with Crippen molar-refractivity contribution in [2.45, 2.75) is 31.2 Å². The second-order valence-electron chi connectivity index (χ2n) is 7.08. The van der Waals surface area contributed by atoms with Crippen molar-refractivity contribution in [1.29, 1.82) is 0 Å². The monoisotopic (exact) mass is 403 g/mol. The van der Waals surface area contributed by atoms with Crippen LogP contribution in [0.15, 0.2) is 53.4 Å². The maximum Gasteiger partial charge on any atom is 0.241 e. The number of nitrogens with one attached hydrogen (secondary N) is 2. The van der Waals surface area contributed by atoms with Crippen LogP contribution in [0.5, 0.6) is 0 Å². The highest BCUT2D eigenvalue weighted by Gasteiger charge is 2.23. The van der Waals surface area contributed by atoms with Crippen LogP contribution in [-0.2, 0) is 14.8 Å². The topological polar surface area (TPSA) is 78.5 Å². The summed E-state index contributed by atoms with van der Waals surface area (Å²) in [6, 6.07) is 14.1. The fraction of sp³-hybridized carbons (Fsp3) is 0.381. The van der Waals surface area contributed by atoms with Crippen LogP contribution >= 0.6 is 0 Å². The van der Waals surface area contributed by atoms with Crippen LogP contribution < -0.4 is 10.0 Å². The first-order valence-electron chi connectivity index (χ1n) is 9.28. The molecule has 0 radical (unpaired) electrons. The lowest BCUT2D eigenvalue weighted by Crippen LogP contribution is -2.38. The molecule has 2 aromatic carbocycles. The van der Waals surface area contributed by atoms with E-state index < -0.39 is 10.0 Å². The molecule has 0 aliphatic rings. The van der Waals surface area contributed by atoms with Gasteiger partial charge < -0.3 is 5.32 Å². The molecule has 0 unspecified atom stereocenters. The molecule has 2 aromatic rings. The van der Waals surface area contributed by atoms with E-state index >= 15 is 0 Å². The second kappa shape index (κ2) is 9.82. The summed E-state index contributed by atoms with van der Waals surface area (Å²) < 4.78 is 27.1. The van der Waals surface area contributed by atoms with E-state index in [4.69, 9.17) is 0 Å². The Bertz CT molecular complexity index is 893. The lowest BCUT2D eigenvalue weighted by atomic mass is 10.00. The van der Waals surface area contributed by atoms with Crippen molar-refractivity contribution in [3.8, 4) is 0 Å². The molecule has 28 heavy (non-hydrogen) atoms. The van der Waals surface area contributed by atoms with E-state index in [-0.39, 0.29) is 23.4 Å². The third-order valence-corrected chi connectivity index (χ3v) is 6.00. The third kappa shape index (κ3) is 5.89. The quantitative estimate of drug-likeness (QED) is 0.630. The second-order valence-corrected chi connectivity index (χ2v) is 8.85. The molecule has 6 nitrogen and oxygen atoms in total. The van der Waals surface area contributed by atoms with Crippen LogP contribution in [-0.4, -0.2) is 46.4 Å². The van der Waals surface area contributed by atoms with Gasteiger partial charge in [0.1, 0.15) is 6.04 Å². The van der Waals surface area contributed by atoms with Crippen molar-refractivity contribution in [1.82, 2.24) is 14.9 Å². The van der Waals surface area contributed by atoms with Crippen molar-refractivity contribution in [2.24, 2.45) is 0 Å². The van der Waals surface area contributed by atoms with E-state index in [1.165, 1.54) is 0 Å². The first-order valence-corrected chi connectivity index (χ1v) is 10.8. The Hall–Kier alpha value is -2.22. The molecule has 0 saturated heterocycles. The van der Waals surface area contributed by atoms with Crippen molar-refractivity contribution >= 4 is 15.9 Å². The Labute approximate surface area is 168 Å². The molecule has 0 fully saturated rings. The summed E-state index contributed by atoms with van der Waals surface area (Å²) in [7, 11) is 0.208. The Kier molecular flexibility index (Phi) is 7.74. The van der Waals surface area contributed by atoms with Crippen LogP contribution in [0.3, 0.4) is 0 Å². The summed E-state index contributed by atoms with van der Waals surface area (Å²) >= 11 is 0. The molecule has 7 heteroatoms. The van der Waals surface area contributed by atoms with Crippen molar-refractivity contribution in [3.05, 3.63) is 65.2 Å². The summed E-state index contributed by atoms with van der Waals surface area (Å²) in [4.78, 5) is 14.8. The Morgan fingerprint density at radius 1 is 1.00 bits per heavy atom. The van der Waals surface area contributed by atoms with Gasteiger partial charge in [-0.2, -0.15) is 0 Å². The van der Waals surface area contributed by atoms with Gasteiger partial charge in [0.25, 0.3) is 0 Å². The summed E-state index contributed by atoms with van der Waals surface area (Å²) in [5, 5.41) is 2.91. The molecule has 2 rings (SSSR count). The number of nitrogens with zero attached hydrogens (tertiary/aromatic N) is 1. The van der Waals surface area contributed by atoms with Crippen LogP contribution in [0.4, 0.5) is 0 Å². The normalized spacial score (nSPS) is 12.8. The molecule has 0 heterocycles. The van der Waals surface area contributed by atoms with Gasteiger partial charge in [0.2, 0.25) is 15.9 Å². The highest BCUT2D eigenvalue weighted by Crippen LogP contribution is 2.21. The van der Waals surface area contributed by atoms with Crippen molar-refractivity contribution < 1.29 is 13.2 Å². The molecule has 152 valence electrons. The Balaban J connectivity index is 1.86. The minimum absolute atomic E-state index is 0.0966. The molecule has 0 spiro atoms. The fourth-order valence-electron chi connectivity index (χ4n) is 2.95. The standard InChI is InChI=1S/C21H29N3O3S/c1-16-10-12-18(13-11-16)28(26,27)23-15-7-14-22-21(25)20(24(3)4)19-9-6-5-8-17(19)2/h5-6,8-13,20,23H,7,14-15H2,1-4H3,(H,22,25)/t20-/m1/s1. The highest BCUT2D eigenvalue weighted by molar-refractivity contribution is 7.89. The molecule has 0 aliphatic carbocycles. The molecule has 0 bridgehead atoms. The molecular formula is C21H29N3O3S. The van der Waals surface area contributed by atoms with Gasteiger partial charge in [-0.3, -0.25) is 9.69 Å². The Morgan fingerprint density at radius 2 is 1.64 bits per heavy atom. The predicted octanol–water partition coefficient (Wildman–Crippen LogP) is 2.39. The first-order chi connectivity index (χ1) is 13.2. The van der Waals surface area contributed by atoms with Gasteiger partial charge >= 0.3 is 0 Å². The molecule has 2 N–H and O–H groups in total. The molecule has 0 saturated carbocycles. The largest absolute Gasteiger partial charge is 0.354 e. The number of likely N-dealkylation sites (N-methyl/N-ethyl adjacent to an activating group) is 1. The first kappa shape index (κ1) is 22.1. The van der Waals surface area contributed by atoms with Crippen LogP contribution in [0.2, 0.25) is 0 Å². The van der Waals surface area contributed by atoms with Gasteiger partial charge in [0, 0.05) is 13.1 Å². The van der Waals surface area contributed by atoms with E-state index in [1.807, 2.05) is 57.1 Å². The lowest BCUT2D eigenvalue weighted by Gasteiger charge is -2.25. The number of rotatable bonds is 9. The zero-order valence-electron chi connectivity index (χ0n) is 16.9. The van der Waals surface area contributed by atoms with E-state index in [9.17, 15) is 13.2 Å². The van der Waals surface area contributed by atoms with Crippen molar-refractivity contribution in [3.63, 3.8) is 0 Å². The van der Waals surface area contributed by atoms with E-state index in [0.717, 1.165) is 16.7 Å². The average Bonchev–Trinajstić information content (AvgIpc) is 2.63. The summed E-state index contributed by atoms with van der Waals surface area (Å²) in [6.07, 6.45) is 0.505. The average molecular weight is 404 g/mol. The minimum atomic E-state index is -3.53. The number of carbonyl (C=O) groups is 1. The molecule has 1 amide bonds. The van der Waals surface area contributed by atoms with E-state index in [2.05, 4.69) is 10.0 Å². The number of aryl methyl sites for hydroxylation is 2.